The second-order valence-corrected chi connectivity index (χ2v) is 3.03. The van der Waals surface area contributed by atoms with Gasteiger partial charge < -0.3 is 10.1 Å². The van der Waals surface area contributed by atoms with Crippen LogP contribution in [-0.4, -0.2) is 31.4 Å². The van der Waals surface area contributed by atoms with E-state index in [2.05, 4.69) is 10.1 Å². The maximum atomic E-state index is 11.0. The van der Waals surface area contributed by atoms with E-state index >= 15 is 0 Å². The molecule has 0 aromatic carbocycles. The van der Waals surface area contributed by atoms with Crippen molar-refractivity contribution in [1.29, 1.82) is 0 Å². The fourth-order valence-electron chi connectivity index (χ4n) is 1.37. The first-order valence-electron chi connectivity index (χ1n) is 3.96. The van der Waals surface area contributed by atoms with Gasteiger partial charge in [0.2, 0.25) is 0 Å². The molecule has 1 N–H and O–H groups in total. The van der Waals surface area contributed by atoms with Gasteiger partial charge in [-0.15, -0.1) is 0 Å². The van der Waals surface area contributed by atoms with Crippen LogP contribution in [0.1, 0.15) is 13.3 Å². The largest absolute Gasteiger partial charge is 0.468 e. The van der Waals surface area contributed by atoms with Gasteiger partial charge in [0.1, 0.15) is 11.8 Å². The molecule has 2 unspecified atom stereocenters. The number of ether oxygens (including phenoxy) is 1. The van der Waals surface area contributed by atoms with Crippen molar-refractivity contribution in [2.24, 2.45) is 5.92 Å². The summed E-state index contributed by atoms with van der Waals surface area (Å²) in [7, 11) is 1.35. The quantitative estimate of drug-likeness (QED) is 0.581. The molecule has 0 spiro atoms. The summed E-state index contributed by atoms with van der Waals surface area (Å²) in [5.41, 5.74) is 0. The van der Waals surface area contributed by atoms with Crippen LogP contribution in [0, 0.1) is 5.92 Å². The molecule has 0 amide bonds. The lowest BCUT2D eigenvalue weighted by molar-refractivity contribution is -0.142. The second-order valence-electron chi connectivity index (χ2n) is 3.03. The number of ketones is 1. The molecule has 1 heterocycles. The lowest BCUT2D eigenvalue weighted by Crippen LogP contribution is -2.31. The molecule has 4 nitrogen and oxygen atoms in total. The number of hydrogen-bond acceptors (Lipinski definition) is 4. The van der Waals surface area contributed by atoms with E-state index in [1.165, 1.54) is 7.11 Å². The topological polar surface area (TPSA) is 55.4 Å². The predicted molar refractivity (Wildman–Crippen MR) is 42.6 cm³/mol. The Kier molecular flexibility index (Phi) is 2.81. The standard InChI is InChI=1S/C8H13NO3/c1-5(10)6-3-7(9-4-6)8(11)12-2/h6-7,9H,3-4H2,1-2H3. The van der Waals surface area contributed by atoms with Gasteiger partial charge in [-0.1, -0.05) is 0 Å². The smallest absolute Gasteiger partial charge is 0.322 e. The van der Waals surface area contributed by atoms with E-state index in [9.17, 15) is 9.59 Å². The number of carbonyl (C=O) groups excluding carboxylic acids is 2. The van der Waals surface area contributed by atoms with Crippen molar-refractivity contribution in [3.63, 3.8) is 0 Å². The van der Waals surface area contributed by atoms with Gasteiger partial charge in [-0.3, -0.25) is 9.59 Å². The number of Topliss-reactive ketones (excluding diaryl/α,β-unsaturated/α-hetero) is 1. The van der Waals surface area contributed by atoms with E-state index in [-0.39, 0.29) is 23.7 Å². The molecule has 2 atom stereocenters. The highest BCUT2D eigenvalue weighted by atomic mass is 16.5. The summed E-state index contributed by atoms with van der Waals surface area (Å²) in [6, 6.07) is -0.288. The Labute approximate surface area is 71.3 Å². The first-order valence-corrected chi connectivity index (χ1v) is 3.96. The van der Waals surface area contributed by atoms with Gasteiger partial charge in [-0.2, -0.15) is 0 Å². The zero-order valence-corrected chi connectivity index (χ0v) is 7.29. The minimum Gasteiger partial charge on any atom is -0.468 e. The Hall–Kier alpha value is -0.900. The Morgan fingerprint density at radius 3 is 2.58 bits per heavy atom. The van der Waals surface area contributed by atoms with Crippen LogP contribution in [-0.2, 0) is 14.3 Å². The highest BCUT2D eigenvalue weighted by Gasteiger charge is 2.32. The van der Waals surface area contributed by atoms with Crippen LogP contribution in [0.25, 0.3) is 0 Å². The van der Waals surface area contributed by atoms with Gasteiger partial charge in [0, 0.05) is 12.5 Å². The van der Waals surface area contributed by atoms with Crippen molar-refractivity contribution in [3.05, 3.63) is 0 Å². The molecule has 1 aliphatic heterocycles. The number of nitrogens with one attached hydrogen (secondary N) is 1. The number of rotatable bonds is 2. The molecule has 0 radical (unpaired) electrons. The van der Waals surface area contributed by atoms with Crippen LogP contribution < -0.4 is 5.32 Å². The monoisotopic (exact) mass is 171 g/mol. The fraction of sp³-hybridized carbons (Fsp3) is 0.750. The summed E-state index contributed by atoms with van der Waals surface area (Å²) >= 11 is 0. The lowest BCUT2D eigenvalue weighted by atomic mass is 10.0. The Bertz CT molecular complexity index is 202. The average Bonchev–Trinajstić information content (AvgIpc) is 2.51. The van der Waals surface area contributed by atoms with E-state index in [0.29, 0.717) is 13.0 Å². The average molecular weight is 171 g/mol. The molecule has 0 aliphatic carbocycles. The molecule has 4 heteroatoms. The zero-order chi connectivity index (χ0) is 9.14. The van der Waals surface area contributed by atoms with E-state index in [1.807, 2.05) is 0 Å². The van der Waals surface area contributed by atoms with Crippen LogP contribution in [0.3, 0.4) is 0 Å². The molecule has 0 aromatic rings. The molecule has 0 saturated carbocycles. The van der Waals surface area contributed by atoms with Gasteiger partial charge in [-0.25, -0.2) is 0 Å². The second kappa shape index (κ2) is 3.67. The Balaban J connectivity index is 2.45. The van der Waals surface area contributed by atoms with Crippen LogP contribution in [0.5, 0.6) is 0 Å². The first-order chi connectivity index (χ1) is 5.65. The predicted octanol–water partition coefficient (Wildman–Crippen LogP) is -0.274. The van der Waals surface area contributed by atoms with Gasteiger partial charge in [0.05, 0.1) is 7.11 Å². The molecule has 0 aromatic heterocycles. The number of methoxy groups -OCH3 is 1. The van der Waals surface area contributed by atoms with Gasteiger partial charge in [0.15, 0.2) is 0 Å². The molecule has 1 rings (SSSR count). The highest BCUT2D eigenvalue weighted by Crippen LogP contribution is 2.15. The Morgan fingerprint density at radius 1 is 1.50 bits per heavy atom. The minimum atomic E-state index is -0.288. The van der Waals surface area contributed by atoms with Crippen molar-refractivity contribution in [1.82, 2.24) is 5.32 Å². The maximum absolute atomic E-state index is 11.0. The van der Waals surface area contributed by atoms with Crippen molar-refractivity contribution in [3.8, 4) is 0 Å². The van der Waals surface area contributed by atoms with Crippen molar-refractivity contribution in [2.45, 2.75) is 19.4 Å². The van der Waals surface area contributed by atoms with E-state index in [0.717, 1.165) is 0 Å². The zero-order valence-electron chi connectivity index (χ0n) is 7.29. The molecular formula is C8H13NO3. The fourth-order valence-corrected chi connectivity index (χ4v) is 1.37. The Morgan fingerprint density at radius 2 is 2.17 bits per heavy atom. The van der Waals surface area contributed by atoms with Gasteiger partial charge >= 0.3 is 5.97 Å². The van der Waals surface area contributed by atoms with Crippen LogP contribution >= 0.6 is 0 Å². The summed E-state index contributed by atoms with van der Waals surface area (Å²) in [6.45, 7) is 2.14. The number of hydrogen-bond donors (Lipinski definition) is 1. The first kappa shape index (κ1) is 9.19. The number of carbonyl (C=O) groups is 2. The minimum absolute atomic E-state index is 0.0194. The lowest BCUT2D eigenvalue weighted by Gasteiger charge is -2.05. The van der Waals surface area contributed by atoms with Crippen molar-refractivity contribution < 1.29 is 14.3 Å². The maximum Gasteiger partial charge on any atom is 0.322 e. The van der Waals surface area contributed by atoms with E-state index in [4.69, 9.17) is 0 Å². The summed E-state index contributed by atoms with van der Waals surface area (Å²) < 4.78 is 4.55. The molecule has 1 saturated heterocycles. The summed E-state index contributed by atoms with van der Waals surface area (Å²) in [6.07, 6.45) is 0.571. The van der Waals surface area contributed by atoms with E-state index < -0.39 is 0 Å². The summed E-state index contributed by atoms with van der Waals surface area (Å²) in [5.74, 6) is -0.165. The van der Waals surface area contributed by atoms with Gasteiger partial charge in [0.25, 0.3) is 0 Å². The SMILES string of the molecule is COC(=O)C1CC(C(C)=O)CN1. The molecule has 12 heavy (non-hydrogen) atoms. The third-order valence-corrected chi connectivity index (χ3v) is 2.19. The van der Waals surface area contributed by atoms with Crippen LogP contribution in [0.2, 0.25) is 0 Å². The highest BCUT2D eigenvalue weighted by molar-refractivity contribution is 5.82. The summed E-state index contributed by atoms with van der Waals surface area (Å²) in [5, 5.41) is 2.94. The molecule has 1 aliphatic rings. The molecule has 68 valence electrons. The molecule has 1 fully saturated rings. The van der Waals surface area contributed by atoms with E-state index in [1.54, 1.807) is 6.92 Å². The molecular weight excluding hydrogens is 158 g/mol. The van der Waals surface area contributed by atoms with Crippen molar-refractivity contribution in [2.75, 3.05) is 13.7 Å². The third-order valence-electron chi connectivity index (χ3n) is 2.19. The normalized spacial score (nSPS) is 28.5. The van der Waals surface area contributed by atoms with Crippen LogP contribution in [0.15, 0.2) is 0 Å². The third kappa shape index (κ3) is 1.82. The molecule has 0 bridgehead atoms. The summed E-state index contributed by atoms with van der Waals surface area (Å²) in [4.78, 5) is 21.9. The van der Waals surface area contributed by atoms with Crippen LogP contribution in [0.4, 0.5) is 0 Å². The number of esters is 1. The van der Waals surface area contributed by atoms with Gasteiger partial charge in [-0.05, 0) is 13.3 Å². The van der Waals surface area contributed by atoms with Crippen molar-refractivity contribution >= 4 is 11.8 Å².